The Morgan fingerprint density at radius 1 is 0.875 bits per heavy atom. The van der Waals surface area contributed by atoms with Gasteiger partial charge in [0.25, 0.3) is 0 Å². The first kappa shape index (κ1) is 7.08. The Morgan fingerprint density at radius 2 is 1.25 bits per heavy atom. The normalized spacial score (nSPS) is 10.8. The number of rotatable bonds is 3. The second-order valence-corrected chi connectivity index (χ2v) is 1.13. The summed E-state index contributed by atoms with van der Waals surface area (Å²) in [5.41, 5.74) is 0. The highest BCUT2D eigenvalue weighted by Gasteiger charge is 1.60. The van der Waals surface area contributed by atoms with Crippen molar-refractivity contribution in [2.45, 2.75) is 0 Å². The fraction of sp³-hybridized carbons (Fsp3) is 0.333. The lowest BCUT2D eigenvalue weighted by Gasteiger charge is -1.82. The molecule has 0 rings (SSSR count). The van der Waals surface area contributed by atoms with Crippen molar-refractivity contribution in [3.63, 3.8) is 0 Å². The zero-order chi connectivity index (χ0) is 6.24. The van der Waals surface area contributed by atoms with Crippen molar-refractivity contribution in [2.75, 3.05) is 14.2 Å². The average Bonchev–Trinajstić information content (AvgIpc) is 1.81. The van der Waals surface area contributed by atoms with Crippen molar-refractivity contribution in [2.24, 2.45) is 0 Å². The van der Waals surface area contributed by atoms with Crippen LogP contribution < -0.4 is 0 Å². The van der Waals surface area contributed by atoms with Gasteiger partial charge in [0.2, 0.25) is 0 Å². The highest BCUT2D eigenvalue weighted by molar-refractivity contribution is 4.95. The van der Waals surface area contributed by atoms with E-state index in [1.807, 2.05) is 0 Å². The molecule has 2 heteroatoms. The van der Waals surface area contributed by atoms with Gasteiger partial charge in [-0.15, -0.1) is 0 Å². The molecule has 2 nitrogen and oxygen atoms in total. The third-order valence-corrected chi connectivity index (χ3v) is 0.540. The lowest BCUT2D eigenvalue weighted by atomic mass is 10.6. The molecule has 0 saturated heterocycles. The molecule has 0 aromatic rings. The topological polar surface area (TPSA) is 18.5 Å². The Labute approximate surface area is 49.4 Å². The van der Waals surface area contributed by atoms with E-state index in [0.717, 1.165) is 0 Å². The number of hydrogen-bond donors (Lipinski definition) is 0. The molecule has 0 N–H and O–H groups in total. The molecule has 8 heavy (non-hydrogen) atoms. The van der Waals surface area contributed by atoms with E-state index in [2.05, 4.69) is 9.47 Å². The Bertz CT molecular complexity index is 72.5. The summed E-state index contributed by atoms with van der Waals surface area (Å²) in [5, 5.41) is 0. The maximum absolute atomic E-state index is 4.60. The van der Waals surface area contributed by atoms with Crippen LogP contribution in [0, 0.1) is 0 Å². The molecule has 0 saturated carbocycles. The van der Waals surface area contributed by atoms with Gasteiger partial charge in [-0.3, -0.25) is 0 Å². The van der Waals surface area contributed by atoms with Crippen molar-refractivity contribution in [3.8, 4) is 0 Å². The van der Waals surface area contributed by atoms with Gasteiger partial charge in [-0.1, -0.05) is 0 Å². The van der Waals surface area contributed by atoms with Crippen molar-refractivity contribution in [3.05, 3.63) is 24.7 Å². The molecule has 0 heterocycles. The maximum atomic E-state index is 4.60. The van der Waals surface area contributed by atoms with Crippen LogP contribution >= 0.6 is 0 Å². The minimum atomic E-state index is 1.56. The van der Waals surface area contributed by atoms with E-state index in [0.29, 0.717) is 0 Å². The smallest absolute Gasteiger partial charge is 0.0825 e. The summed E-state index contributed by atoms with van der Waals surface area (Å²) in [6.07, 6.45) is 6.61. The fourth-order valence-corrected chi connectivity index (χ4v) is 0.248. The Balaban J connectivity index is 3.13. The second-order valence-electron chi connectivity index (χ2n) is 1.13. The van der Waals surface area contributed by atoms with Crippen LogP contribution in [0.1, 0.15) is 0 Å². The van der Waals surface area contributed by atoms with Gasteiger partial charge in [-0.05, 0) is 12.2 Å². The SMILES string of the molecule is CO/C=C\C=C\OC. The van der Waals surface area contributed by atoms with E-state index in [-0.39, 0.29) is 0 Å². The van der Waals surface area contributed by atoms with Crippen LogP contribution in [0.3, 0.4) is 0 Å². The lowest BCUT2D eigenvalue weighted by Crippen LogP contribution is -1.63. The van der Waals surface area contributed by atoms with Gasteiger partial charge < -0.3 is 9.47 Å². The van der Waals surface area contributed by atoms with E-state index >= 15 is 0 Å². The molecule has 0 aliphatic rings. The fourth-order valence-electron chi connectivity index (χ4n) is 0.248. The third-order valence-electron chi connectivity index (χ3n) is 0.540. The van der Waals surface area contributed by atoms with Gasteiger partial charge in [-0.2, -0.15) is 0 Å². The largest absolute Gasteiger partial charge is 0.504 e. The molecule has 0 unspecified atom stereocenters. The molecule has 0 aliphatic carbocycles. The van der Waals surface area contributed by atoms with Crippen molar-refractivity contribution in [1.82, 2.24) is 0 Å². The molecule has 46 valence electrons. The van der Waals surface area contributed by atoms with Crippen LogP contribution in [-0.2, 0) is 9.47 Å². The monoisotopic (exact) mass is 114 g/mol. The molecule has 0 atom stereocenters. The number of allylic oxidation sites excluding steroid dienone is 2. The zero-order valence-corrected chi connectivity index (χ0v) is 5.13. The lowest BCUT2D eigenvalue weighted by molar-refractivity contribution is 0.333. The summed E-state index contributed by atoms with van der Waals surface area (Å²) in [6.45, 7) is 0. The van der Waals surface area contributed by atoms with Gasteiger partial charge in [-0.25, -0.2) is 0 Å². The summed E-state index contributed by atoms with van der Waals surface area (Å²) < 4.78 is 9.20. The van der Waals surface area contributed by atoms with E-state index < -0.39 is 0 Å². The van der Waals surface area contributed by atoms with E-state index in [1.165, 1.54) is 0 Å². The molecule has 0 aromatic heterocycles. The number of methoxy groups -OCH3 is 2. The Kier molecular flexibility index (Phi) is 5.38. The predicted octanol–water partition coefficient (Wildman–Crippen LogP) is 1.31. The van der Waals surface area contributed by atoms with Crippen LogP contribution in [0.4, 0.5) is 0 Å². The quantitative estimate of drug-likeness (QED) is 0.407. The highest BCUT2D eigenvalue weighted by Crippen LogP contribution is 1.76. The summed E-state index contributed by atoms with van der Waals surface area (Å²) in [7, 11) is 3.19. The molecule has 0 aliphatic heterocycles. The Morgan fingerprint density at radius 3 is 1.50 bits per heavy atom. The molecule has 0 aromatic carbocycles. The molecule has 0 fully saturated rings. The highest BCUT2D eigenvalue weighted by atomic mass is 16.5. The van der Waals surface area contributed by atoms with Gasteiger partial charge in [0.15, 0.2) is 0 Å². The summed E-state index contributed by atoms with van der Waals surface area (Å²) >= 11 is 0. The molecular weight excluding hydrogens is 104 g/mol. The minimum Gasteiger partial charge on any atom is -0.504 e. The first-order valence-electron chi connectivity index (χ1n) is 2.29. The minimum absolute atomic E-state index is 1.56. The second kappa shape index (κ2) is 6.08. The van der Waals surface area contributed by atoms with E-state index in [4.69, 9.17) is 0 Å². The van der Waals surface area contributed by atoms with Gasteiger partial charge >= 0.3 is 0 Å². The standard InChI is InChI=1S/C6H10O2/c1-7-5-3-4-6-8-2/h3-6H,1-2H3/b5-3-,6-4+. The van der Waals surface area contributed by atoms with Crippen molar-refractivity contribution < 1.29 is 9.47 Å². The van der Waals surface area contributed by atoms with Crippen molar-refractivity contribution >= 4 is 0 Å². The van der Waals surface area contributed by atoms with E-state index in [9.17, 15) is 0 Å². The summed E-state index contributed by atoms with van der Waals surface area (Å²) in [5.74, 6) is 0. The average molecular weight is 114 g/mol. The van der Waals surface area contributed by atoms with Crippen LogP contribution in [0.5, 0.6) is 0 Å². The maximum Gasteiger partial charge on any atom is 0.0825 e. The number of hydrogen-bond acceptors (Lipinski definition) is 2. The first-order valence-corrected chi connectivity index (χ1v) is 2.29. The predicted molar refractivity (Wildman–Crippen MR) is 32.3 cm³/mol. The van der Waals surface area contributed by atoms with Crippen LogP contribution in [0.15, 0.2) is 24.7 Å². The van der Waals surface area contributed by atoms with Crippen LogP contribution in [-0.4, -0.2) is 14.2 Å². The number of ether oxygens (including phenoxy) is 2. The van der Waals surface area contributed by atoms with Gasteiger partial charge in [0.05, 0.1) is 26.7 Å². The van der Waals surface area contributed by atoms with Crippen molar-refractivity contribution in [1.29, 1.82) is 0 Å². The molecular formula is C6H10O2. The molecule has 0 radical (unpaired) electrons. The molecule has 0 amide bonds. The Hall–Kier alpha value is -0.920. The van der Waals surface area contributed by atoms with Crippen LogP contribution in [0.25, 0.3) is 0 Å². The molecule has 0 spiro atoms. The zero-order valence-electron chi connectivity index (χ0n) is 5.13. The van der Waals surface area contributed by atoms with E-state index in [1.54, 1.807) is 38.9 Å². The third kappa shape index (κ3) is 5.08. The summed E-state index contributed by atoms with van der Waals surface area (Å²) in [4.78, 5) is 0. The van der Waals surface area contributed by atoms with Gasteiger partial charge in [0.1, 0.15) is 0 Å². The first-order chi connectivity index (χ1) is 3.91. The van der Waals surface area contributed by atoms with Gasteiger partial charge in [0, 0.05) is 0 Å². The molecule has 0 bridgehead atoms. The summed E-state index contributed by atoms with van der Waals surface area (Å²) in [6, 6.07) is 0. The van der Waals surface area contributed by atoms with Crippen LogP contribution in [0.2, 0.25) is 0 Å².